The van der Waals surface area contributed by atoms with E-state index in [0.29, 0.717) is 11.8 Å². The highest BCUT2D eigenvalue weighted by atomic mass is 16.5. The van der Waals surface area contributed by atoms with Crippen LogP contribution in [0.5, 0.6) is 11.5 Å². The predicted molar refractivity (Wildman–Crippen MR) is 59.2 cm³/mol. The molecule has 0 aliphatic carbocycles. The number of hydrogen-bond acceptors (Lipinski definition) is 3. The first kappa shape index (κ1) is 10.3. The lowest BCUT2D eigenvalue weighted by atomic mass is 10.0. The Morgan fingerprint density at radius 3 is 2.87 bits per heavy atom. The summed E-state index contributed by atoms with van der Waals surface area (Å²) in [6.07, 6.45) is 1.15. The van der Waals surface area contributed by atoms with E-state index >= 15 is 0 Å². The van der Waals surface area contributed by atoms with Crippen LogP contribution in [0, 0.1) is 5.92 Å². The minimum atomic E-state index is 0.201. The molecular formula is C12H17NO2. The SMILES string of the molecule is COc1cc([C@@H]2C[C@H](C)CN2)ccc1O. The minimum absolute atomic E-state index is 0.201. The van der Waals surface area contributed by atoms with Gasteiger partial charge in [-0.25, -0.2) is 0 Å². The van der Waals surface area contributed by atoms with E-state index in [1.165, 1.54) is 5.56 Å². The molecule has 0 radical (unpaired) electrons. The number of ether oxygens (including phenoxy) is 1. The Hall–Kier alpha value is -1.22. The Kier molecular flexibility index (Phi) is 2.82. The van der Waals surface area contributed by atoms with Gasteiger partial charge in [0, 0.05) is 6.04 Å². The van der Waals surface area contributed by atoms with Gasteiger partial charge in [-0.15, -0.1) is 0 Å². The first-order chi connectivity index (χ1) is 7.20. The van der Waals surface area contributed by atoms with Crippen molar-refractivity contribution in [2.24, 2.45) is 5.92 Å². The summed E-state index contributed by atoms with van der Waals surface area (Å²) in [4.78, 5) is 0. The van der Waals surface area contributed by atoms with Crippen molar-refractivity contribution in [3.8, 4) is 11.5 Å². The van der Waals surface area contributed by atoms with Crippen LogP contribution in [0.2, 0.25) is 0 Å². The van der Waals surface area contributed by atoms with Gasteiger partial charge in [0.1, 0.15) is 0 Å². The molecule has 82 valence electrons. The van der Waals surface area contributed by atoms with E-state index in [1.807, 2.05) is 12.1 Å². The second-order valence-corrected chi connectivity index (χ2v) is 4.23. The Morgan fingerprint density at radius 1 is 1.47 bits per heavy atom. The normalized spacial score (nSPS) is 25.5. The van der Waals surface area contributed by atoms with Crippen molar-refractivity contribution in [2.75, 3.05) is 13.7 Å². The molecule has 1 heterocycles. The quantitative estimate of drug-likeness (QED) is 0.780. The molecule has 2 rings (SSSR count). The third-order valence-corrected chi connectivity index (χ3v) is 2.96. The van der Waals surface area contributed by atoms with E-state index in [1.54, 1.807) is 13.2 Å². The molecule has 0 saturated carbocycles. The topological polar surface area (TPSA) is 41.5 Å². The summed E-state index contributed by atoms with van der Waals surface area (Å²) in [5.74, 6) is 1.47. The van der Waals surface area contributed by atoms with Crippen molar-refractivity contribution in [1.82, 2.24) is 5.32 Å². The zero-order valence-electron chi connectivity index (χ0n) is 9.16. The zero-order chi connectivity index (χ0) is 10.8. The largest absolute Gasteiger partial charge is 0.504 e. The number of phenolic OH excluding ortho intramolecular Hbond substituents is 1. The molecule has 0 aromatic heterocycles. The third-order valence-electron chi connectivity index (χ3n) is 2.96. The molecule has 0 amide bonds. The van der Waals surface area contributed by atoms with Gasteiger partial charge in [0.05, 0.1) is 7.11 Å². The molecule has 3 nitrogen and oxygen atoms in total. The summed E-state index contributed by atoms with van der Waals surface area (Å²) in [5, 5.41) is 12.9. The molecule has 3 heteroatoms. The number of phenols is 1. The first-order valence-electron chi connectivity index (χ1n) is 5.31. The first-order valence-corrected chi connectivity index (χ1v) is 5.31. The van der Waals surface area contributed by atoms with Gasteiger partial charge in [0.15, 0.2) is 11.5 Å². The number of aromatic hydroxyl groups is 1. The Balaban J connectivity index is 2.21. The highest BCUT2D eigenvalue weighted by Crippen LogP contribution is 2.33. The minimum Gasteiger partial charge on any atom is -0.504 e. The number of benzene rings is 1. The number of hydrogen-bond donors (Lipinski definition) is 2. The Morgan fingerprint density at radius 2 is 2.27 bits per heavy atom. The molecule has 0 bridgehead atoms. The fourth-order valence-corrected chi connectivity index (χ4v) is 2.08. The standard InChI is InChI=1S/C12H17NO2/c1-8-5-10(13-7-8)9-3-4-11(14)12(6-9)15-2/h3-4,6,8,10,13-14H,5,7H2,1-2H3/t8-,10-/m0/s1. The van der Waals surface area contributed by atoms with Gasteiger partial charge in [-0.2, -0.15) is 0 Å². The Labute approximate surface area is 90.1 Å². The van der Waals surface area contributed by atoms with Crippen LogP contribution in [0.25, 0.3) is 0 Å². The van der Waals surface area contributed by atoms with E-state index in [-0.39, 0.29) is 5.75 Å². The second kappa shape index (κ2) is 4.11. The molecule has 1 aromatic rings. The van der Waals surface area contributed by atoms with Crippen molar-refractivity contribution in [3.63, 3.8) is 0 Å². The second-order valence-electron chi connectivity index (χ2n) is 4.23. The lowest BCUT2D eigenvalue weighted by Crippen LogP contribution is -2.13. The van der Waals surface area contributed by atoms with E-state index in [4.69, 9.17) is 4.74 Å². The molecule has 1 aliphatic heterocycles. The molecule has 1 saturated heterocycles. The van der Waals surface area contributed by atoms with Crippen LogP contribution in [0.3, 0.4) is 0 Å². The number of rotatable bonds is 2. The molecule has 2 atom stereocenters. The smallest absolute Gasteiger partial charge is 0.160 e. The Bertz CT molecular complexity index is 351. The summed E-state index contributed by atoms with van der Waals surface area (Å²) in [5.41, 5.74) is 1.19. The van der Waals surface area contributed by atoms with Crippen molar-refractivity contribution >= 4 is 0 Å². The fraction of sp³-hybridized carbons (Fsp3) is 0.500. The van der Waals surface area contributed by atoms with Crippen molar-refractivity contribution in [1.29, 1.82) is 0 Å². The van der Waals surface area contributed by atoms with Gasteiger partial charge in [-0.1, -0.05) is 13.0 Å². The average Bonchev–Trinajstić information content (AvgIpc) is 2.66. The van der Waals surface area contributed by atoms with Crippen LogP contribution in [-0.4, -0.2) is 18.8 Å². The summed E-state index contributed by atoms with van der Waals surface area (Å²) in [6, 6.07) is 5.95. The van der Waals surface area contributed by atoms with Crippen LogP contribution in [0.4, 0.5) is 0 Å². The van der Waals surface area contributed by atoms with E-state index < -0.39 is 0 Å². The van der Waals surface area contributed by atoms with Crippen molar-refractivity contribution in [3.05, 3.63) is 23.8 Å². The van der Waals surface area contributed by atoms with Gasteiger partial charge >= 0.3 is 0 Å². The maximum Gasteiger partial charge on any atom is 0.160 e. The molecule has 1 fully saturated rings. The maximum atomic E-state index is 9.48. The molecule has 1 aliphatic rings. The monoisotopic (exact) mass is 207 g/mol. The average molecular weight is 207 g/mol. The summed E-state index contributed by atoms with van der Waals surface area (Å²) in [6.45, 7) is 3.30. The summed E-state index contributed by atoms with van der Waals surface area (Å²) in [7, 11) is 1.57. The fourth-order valence-electron chi connectivity index (χ4n) is 2.08. The van der Waals surface area contributed by atoms with Crippen LogP contribution < -0.4 is 10.1 Å². The van der Waals surface area contributed by atoms with Gasteiger partial charge < -0.3 is 15.2 Å². The van der Waals surface area contributed by atoms with Crippen LogP contribution in [-0.2, 0) is 0 Å². The van der Waals surface area contributed by atoms with E-state index in [0.717, 1.165) is 18.9 Å². The summed E-state index contributed by atoms with van der Waals surface area (Å²) < 4.78 is 5.09. The van der Waals surface area contributed by atoms with Crippen LogP contribution in [0.15, 0.2) is 18.2 Å². The summed E-state index contributed by atoms with van der Waals surface area (Å²) >= 11 is 0. The highest BCUT2D eigenvalue weighted by Gasteiger charge is 2.22. The van der Waals surface area contributed by atoms with Gasteiger partial charge in [0.2, 0.25) is 0 Å². The molecule has 15 heavy (non-hydrogen) atoms. The van der Waals surface area contributed by atoms with Crippen molar-refractivity contribution in [2.45, 2.75) is 19.4 Å². The van der Waals surface area contributed by atoms with Gasteiger partial charge in [-0.05, 0) is 36.6 Å². The predicted octanol–water partition coefficient (Wildman–Crippen LogP) is 2.07. The lowest BCUT2D eigenvalue weighted by molar-refractivity contribution is 0.372. The maximum absolute atomic E-state index is 9.48. The number of methoxy groups -OCH3 is 1. The lowest BCUT2D eigenvalue weighted by Gasteiger charge is -2.12. The van der Waals surface area contributed by atoms with Gasteiger partial charge in [0.25, 0.3) is 0 Å². The van der Waals surface area contributed by atoms with Crippen LogP contribution >= 0.6 is 0 Å². The molecule has 0 unspecified atom stereocenters. The van der Waals surface area contributed by atoms with E-state index in [2.05, 4.69) is 12.2 Å². The third kappa shape index (κ3) is 2.07. The van der Waals surface area contributed by atoms with E-state index in [9.17, 15) is 5.11 Å². The molecule has 0 spiro atoms. The van der Waals surface area contributed by atoms with Crippen LogP contribution in [0.1, 0.15) is 24.9 Å². The molecule has 1 aromatic carbocycles. The zero-order valence-corrected chi connectivity index (χ0v) is 9.16. The molecular weight excluding hydrogens is 190 g/mol. The highest BCUT2D eigenvalue weighted by molar-refractivity contribution is 5.42. The number of nitrogens with one attached hydrogen (secondary N) is 1. The van der Waals surface area contributed by atoms with Crippen molar-refractivity contribution < 1.29 is 9.84 Å². The molecule has 2 N–H and O–H groups in total. The van der Waals surface area contributed by atoms with Gasteiger partial charge in [-0.3, -0.25) is 0 Å².